The zero-order chi connectivity index (χ0) is 42.9. The van der Waals surface area contributed by atoms with Crippen molar-refractivity contribution in [1.29, 1.82) is 0 Å². The van der Waals surface area contributed by atoms with Crippen LogP contribution < -0.4 is 21.1 Å². The van der Waals surface area contributed by atoms with Gasteiger partial charge in [-0.3, -0.25) is 9.59 Å². The Bertz CT molecular complexity index is 2140. The number of allylic oxidation sites excluding steroid dienone is 2. The zero-order valence-electron chi connectivity index (χ0n) is 35.7. The lowest BCUT2D eigenvalue weighted by Gasteiger charge is -2.42. The van der Waals surface area contributed by atoms with Gasteiger partial charge in [0.15, 0.2) is 17.3 Å². The largest absolute Gasteiger partial charge is 0.504 e. The van der Waals surface area contributed by atoms with E-state index in [4.69, 9.17) is 10.5 Å². The summed E-state index contributed by atoms with van der Waals surface area (Å²) in [4.78, 5) is 25.9. The highest BCUT2D eigenvalue weighted by Crippen LogP contribution is 2.40. The highest BCUT2D eigenvalue weighted by molar-refractivity contribution is 5.85. The smallest absolute Gasteiger partial charge is 0.160 e. The minimum atomic E-state index is -0.937. The Morgan fingerprint density at radius 3 is 2.57 bits per heavy atom. The number of benzene rings is 3. The predicted molar refractivity (Wildman–Crippen MR) is 239 cm³/mol. The topological polar surface area (TPSA) is 174 Å². The SMILES string of the molecule is COc1cc2c(cc1O)[C@H](CC[C@H](O)C[C@H](C1=CCNC(N)=C1)c1ccc3ccccc3c1)C#C[C@H]([C@H](O)CCC[C@H](CCCO)[C@@H]1CN[C@@H]3CC(=O)CC[C@@H]3C1)C(=O)CC2. The lowest BCUT2D eigenvalue weighted by atomic mass is 9.70. The number of carbonyl (C=O) groups excluding carboxylic acids is 2. The van der Waals surface area contributed by atoms with Crippen LogP contribution in [-0.2, 0) is 16.0 Å². The number of hydrogen-bond donors (Lipinski definition) is 7. The van der Waals surface area contributed by atoms with Gasteiger partial charge < -0.3 is 41.5 Å². The lowest BCUT2D eigenvalue weighted by Crippen LogP contribution is -2.50. The molecule has 10 nitrogen and oxygen atoms in total. The molecule has 0 amide bonds. The van der Waals surface area contributed by atoms with E-state index in [0.29, 0.717) is 86.6 Å². The summed E-state index contributed by atoms with van der Waals surface area (Å²) in [7, 11) is 1.50. The molecule has 8 N–H and O–H groups in total. The second-order valence-corrected chi connectivity index (χ2v) is 18.0. The number of methoxy groups -OCH3 is 1. The van der Waals surface area contributed by atoms with E-state index in [0.717, 1.165) is 78.1 Å². The van der Waals surface area contributed by atoms with Gasteiger partial charge in [0.25, 0.3) is 0 Å². The molecular formula is C51H65N3O7. The number of dihydropyridines is 1. The zero-order valence-corrected chi connectivity index (χ0v) is 35.7. The molecule has 7 rings (SSSR count). The van der Waals surface area contributed by atoms with E-state index in [1.807, 2.05) is 18.2 Å². The first-order valence-corrected chi connectivity index (χ1v) is 22.7. The maximum atomic E-state index is 13.9. The molecule has 0 aromatic heterocycles. The molecule has 326 valence electrons. The number of ketones is 2. The third-order valence-corrected chi connectivity index (χ3v) is 14.0. The van der Waals surface area contributed by atoms with Crippen molar-refractivity contribution in [2.24, 2.45) is 29.4 Å². The maximum Gasteiger partial charge on any atom is 0.160 e. The van der Waals surface area contributed by atoms with Crippen molar-refractivity contribution < 1.29 is 34.8 Å². The average Bonchev–Trinajstić information content (AvgIpc) is 3.32. The van der Waals surface area contributed by atoms with Crippen LogP contribution in [0.3, 0.4) is 0 Å². The van der Waals surface area contributed by atoms with Crippen molar-refractivity contribution >= 4 is 22.3 Å². The van der Waals surface area contributed by atoms with Crippen molar-refractivity contribution in [3.63, 3.8) is 0 Å². The van der Waals surface area contributed by atoms with Crippen LogP contribution in [0.15, 0.2) is 78.1 Å². The maximum absolute atomic E-state index is 13.9. The summed E-state index contributed by atoms with van der Waals surface area (Å²) in [5.41, 5.74) is 10.0. The monoisotopic (exact) mass is 831 g/mol. The van der Waals surface area contributed by atoms with Gasteiger partial charge in [0.2, 0.25) is 0 Å². The van der Waals surface area contributed by atoms with E-state index in [1.165, 1.54) is 7.11 Å². The van der Waals surface area contributed by atoms with Crippen molar-refractivity contribution in [3.8, 4) is 23.3 Å². The van der Waals surface area contributed by atoms with Crippen LogP contribution in [0.1, 0.15) is 112 Å². The molecule has 9 atom stereocenters. The van der Waals surface area contributed by atoms with Gasteiger partial charge in [0.05, 0.1) is 25.1 Å². The standard InChI is InChI=1S/C51H65N3O7/c1-61-50-26-37-16-20-48(59)43(47(58)10-4-8-32(9-5-23-55)40-25-39-14-18-42(57)29-46(39)54-31-40)19-15-34(45(37)30-49(50)60)13-17-41(56)28-44(38-21-22-53-51(52)27-38)36-12-11-33-6-2-3-7-35(33)24-36/h2-3,6-7,11-12,21,24,26-27,30,32,34,39-41,43-44,46-47,53-56,58,60H,4-5,8-10,13-14,16-18,20,22-23,25,28-29,31,52H2,1H3/t32-,34-,39-,40+,41+,43-,44+,46-,47-/m1/s1. The van der Waals surface area contributed by atoms with E-state index < -0.39 is 24.0 Å². The predicted octanol–water partition coefficient (Wildman–Crippen LogP) is 6.68. The molecule has 0 radical (unpaired) electrons. The minimum absolute atomic E-state index is 0.00856. The molecule has 0 bridgehead atoms. The van der Waals surface area contributed by atoms with Gasteiger partial charge >= 0.3 is 0 Å². The van der Waals surface area contributed by atoms with E-state index in [-0.39, 0.29) is 36.5 Å². The van der Waals surface area contributed by atoms with Crippen molar-refractivity contribution in [3.05, 3.63) is 94.8 Å². The Labute approximate surface area is 361 Å². The Kier molecular flexibility index (Phi) is 15.2. The van der Waals surface area contributed by atoms with Crippen LogP contribution >= 0.6 is 0 Å². The van der Waals surface area contributed by atoms with Crippen molar-refractivity contribution in [2.75, 3.05) is 26.8 Å². The number of piperidine rings is 1. The Morgan fingerprint density at radius 2 is 1.77 bits per heavy atom. The number of aromatic hydroxyl groups is 1. The first-order valence-electron chi connectivity index (χ1n) is 22.7. The van der Waals surface area contributed by atoms with Gasteiger partial charge in [-0.25, -0.2) is 0 Å². The molecular weight excluding hydrogens is 767 g/mol. The van der Waals surface area contributed by atoms with E-state index >= 15 is 0 Å². The molecule has 0 spiro atoms. The van der Waals surface area contributed by atoms with Crippen molar-refractivity contribution in [1.82, 2.24) is 10.6 Å². The van der Waals surface area contributed by atoms with E-state index in [2.05, 4.69) is 58.9 Å². The summed E-state index contributed by atoms with van der Waals surface area (Å²) in [6.45, 7) is 1.61. The molecule has 4 aliphatic rings. The van der Waals surface area contributed by atoms with Crippen LogP contribution in [0.4, 0.5) is 0 Å². The molecule has 0 unspecified atom stereocenters. The van der Waals surface area contributed by atoms with Gasteiger partial charge in [-0.2, -0.15) is 0 Å². The first-order chi connectivity index (χ1) is 29.6. The Hall–Kier alpha value is -4.66. The number of ether oxygens (including phenoxy) is 1. The number of aryl methyl sites for hydroxylation is 1. The van der Waals surface area contributed by atoms with Gasteiger partial charge in [-0.1, -0.05) is 73.2 Å². The number of Topliss-reactive ketones (excluding diaryl/α,β-unsaturated/α-hetero) is 2. The van der Waals surface area contributed by atoms with Gasteiger partial charge in [0.1, 0.15) is 11.7 Å². The number of aliphatic hydroxyl groups is 3. The minimum Gasteiger partial charge on any atom is -0.504 e. The molecule has 2 fully saturated rings. The molecule has 61 heavy (non-hydrogen) atoms. The summed E-state index contributed by atoms with van der Waals surface area (Å²) < 4.78 is 5.47. The number of hydrogen-bond acceptors (Lipinski definition) is 10. The molecule has 1 saturated heterocycles. The third kappa shape index (κ3) is 11.2. The second-order valence-electron chi connectivity index (χ2n) is 18.0. The van der Waals surface area contributed by atoms with E-state index in [9.17, 15) is 30.0 Å². The molecule has 3 aromatic rings. The number of nitrogens with two attached hydrogens (primary N) is 1. The molecule has 2 heterocycles. The van der Waals surface area contributed by atoms with Crippen LogP contribution in [0.5, 0.6) is 11.5 Å². The quantitative estimate of drug-likeness (QED) is 0.0727. The van der Waals surface area contributed by atoms with Crippen LogP contribution in [0.2, 0.25) is 0 Å². The molecule has 2 aliphatic heterocycles. The number of aliphatic hydroxyl groups excluding tert-OH is 3. The third-order valence-electron chi connectivity index (χ3n) is 14.0. The van der Waals surface area contributed by atoms with Gasteiger partial charge in [-0.15, -0.1) is 0 Å². The molecule has 2 aliphatic carbocycles. The number of carbonyl (C=O) groups is 2. The Balaban J connectivity index is 1.06. The molecule has 1 saturated carbocycles. The summed E-state index contributed by atoms with van der Waals surface area (Å²) in [6.07, 6.45) is 11.4. The number of phenols is 1. The second kappa shape index (κ2) is 20.9. The number of nitrogens with one attached hydrogen (secondary N) is 2. The summed E-state index contributed by atoms with van der Waals surface area (Å²) in [6, 6.07) is 18.4. The highest BCUT2D eigenvalue weighted by atomic mass is 16.5. The van der Waals surface area contributed by atoms with Crippen LogP contribution in [0, 0.1) is 35.5 Å². The Morgan fingerprint density at radius 1 is 0.951 bits per heavy atom. The van der Waals surface area contributed by atoms with Crippen molar-refractivity contribution in [2.45, 2.75) is 120 Å². The molecule has 3 aromatic carbocycles. The average molecular weight is 832 g/mol. The normalized spacial score (nSPS) is 24.8. The van der Waals surface area contributed by atoms with E-state index in [1.54, 1.807) is 12.1 Å². The summed E-state index contributed by atoms with van der Waals surface area (Å²) in [5.74, 6) is 7.73. The fourth-order valence-corrected chi connectivity index (χ4v) is 10.5. The summed E-state index contributed by atoms with van der Waals surface area (Å²) in [5, 5.41) is 53.2. The lowest BCUT2D eigenvalue weighted by molar-refractivity contribution is -0.124. The van der Waals surface area contributed by atoms with Crippen LogP contribution in [-0.4, -0.2) is 77.0 Å². The molecule has 10 heteroatoms. The van der Waals surface area contributed by atoms with Gasteiger partial charge in [0, 0.05) is 50.3 Å². The summed E-state index contributed by atoms with van der Waals surface area (Å²) >= 11 is 0. The highest BCUT2D eigenvalue weighted by Gasteiger charge is 2.37. The number of fused-ring (bicyclic) bond motifs is 3. The number of phenolic OH excluding ortho intramolecular Hbond substituents is 1. The fraction of sp³-hybridized carbons (Fsp3) is 0.529. The van der Waals surface area contributed by atoms with Crippen LogP contribution in [0.25, 0.3) is 10.8 Å². The first kappa shape index (κ1) is 44.4. The van der Waals surface area contributed by atoms with Gasteiger partial charge in [-0.05, 0) is 133 Å². The fourth-order valence-electron chi connectivity index (χ4n) is 10.5. The number of rotatable bonds is 17.